The molecule has 0 bridgehead atoms. The molecule has 3 heterocycles. The summed E-state index contributed by atoms with van der Waals surface area (Å²) in [6.45, 7) is 1.80. The molecule has 0 saturated carbocycles. The Morgan fingerprint density at radius 3 is 2.90 bits per heavy atom. The Hall–Kier alpha value is -3.89. The molecule has 0 aliphatic carbocycles. The smallest absolute Gasteiger partial charge is 0.416 e. The zero-order valence-electron chi connectivity index (χ0n) is 15.3. The van der Waals surface area contributed by atoms with Gasteiger partial charge in [-0.05, 0) is 34.7 Å². The van der Waals surface area contributed by atoms with Gasteiger partial charge in [0, 0.05) is 23.7 Å². The molecule has 1 atom stereocenters. The molecule has 0 spiro atoms. The standard InChI is InChI=1S/C18H16FN7O3/c1-2-15(27)21-16-9-26(18(28)29-16)11-4-5-12(13(19)7-11)10-3-6-14(20-8-10)17-22-24-25-23-17/h3-8,16H,2,9H2,1H3,(H,21,27)(H,22,23,24,25). The van der Waals surface area contributed by atoms with E-state index < -0.39 is 18.1 Å². The van der Waals surface area contributed by atoms with Crippen molar-refractivity contribution in [3.8, 4) is 22.6 Å². The Labute approximate surface area is 164 Å². The molecule has 2 amide bonds. The maximum absolute atomic E-state index is 14.7. The van der Waals surface area contributed by atoms with Crippen molar-refractivity contribution >= 4 is 17.7 Å². The number of pyridine rings is 1. The third-order valence-electron chi connectivity index (χ3n) is 4.38. The van der Waals surface area contributed by atoms with Gasteiger partial charge >= 0.3 is 6.09 Å². The highest BCUT2D eigenvalue weighted by Crippen LogP contribution is 2.29. The van der Waals surface area contributed by atoms with Crippen LogP contribution in [0.4, 0.5) is 14.9 Å². The molecule has 0 radical (unpaired) electrons. The van der Waals surface area contributed by atoms with Crippen LogP contribution < -0.4 is 10.2 Å². The van der Waals surface area contributed by atoms with Crippen LogP contribution in [0, 0.1) is 5.82 Å². The minimum Gasteiger partial charge on any atom is -0.423 e. The van der Waals surface area contributed by atoms with E-state index in [4.69, 9.17) is 4.74 Å². The Kier molecular flexibility index (Phi) is 4.85. The van der Waals surface area contributed by atoms with E-state index in [0.717, 1.165) is 0 Å². The van der Waals surface area contributed by atoms with Crippen LogP contribution in [0.1, 0.15) is 13.3 Å². The number of nitrogens with zero attached hydrogens (tertiary/aromatic N) is 5. The average molecular weight is 397 g/mol. The Morgan fingerprint density at radius 2 is 2.24 bits per heavy atom. The summed E-state index contributed by atoms with van der Waals surface area (Å²) in [5.74, 6) is -0.347. The van der Waals surface area contributed by atoms with Crippen molar-refractivity contribution in [2.75, 3.05) is 11.4 Å². The van der Waals surface area contributed by atoms with Crippen molar-refractivity contribution in [2.24, 2.45) is 0 Å². The molecule has 11 heteroatoms. The first-order chi connectivity index (χ1) is 14.0. The quantitative estimate of drug-likeness (QED) is 0.673. The molecular weight excluding hydrogens is 381 g/mol. The van der Waals surface area contributed by atoms with Gasteiger partial charge in [0.15, 0.2) is 12.1 Å². The molecule has 2 aromatic heterocycles. The SMILES string of the molecule is CCC(=O)NC1CN(c2ccc(-c3ccc(-c4nnn[nH]4)nc3)c(F)c2)C(=O)O1. The number of aromatic nitrogens is 5. The van der Waals surface area contributed by atoms with Gasteiger partial charge < -0.3 is 10.1 Å². The van der Waals surface area contributed by atoms with Gasteiger partial charge in [-0.25, -0.2) is 14.3 Å². The first-order valence-corrected chi connectivity index (χ1v) is 8.82. The molecule has 29 heavy (non-hydrogen) atoms. The van der Waals surface area contributed by atoms with Crippen molar-refractivity contribution < 1.29 is 18.7 Å². The summed E-state index contributed by atoms with van der Waals surface area (Å²) in [6, 6.07) is 7.78. The summed E-state index contributed by atoms with van der Waals surface area (Å²) in [6.07, 6.45) is 0.373. The summed E-state index contributed by atoms with van der Waals surface area (Å²) in [5.41, 5.74) is 1.74. The first-order valence-electron chi connectivity index (χ1n) is 8.82. The predicted molar refractivity (Wildman–Crippen MR) is 98.9 cm³/mol. The molecule has 1 unspecified atom stereocenters. The number of halogens is 1. The van der Waals surface area contributed by atoms with Crippen molar-refractivity contribution in [1.82, 2.24) is 30.9 Å². The highest BCUT2D eigenvalue weighted by atomic mass is 19.1. The molecular formula is C18H16FN7O3. The van der Waals surface area contributed by atoms with Gasteiger partial charge in [0.2, 0.25) is 5.91 Å². The van der Waals surface area contributed by atoms with Gasteiger partial charge in [-0.2, -0.15) is 0 Å². The van der Waals surface area contributed by atoms with Crippen LogP contribution >= 0.6 is 0 Å². The number of rotatable bonds is 5. The Balaban J connectivity index is 1.52. The maximum Gasteiger partial charge on any atom is 0.416 e. The number of anilines is 1. The van der Waals surface area contributed by atoms with Gasteiger partial charge in [-0.3, -0.25) is 14.7 Å². The largest absolute Gasteiger partial charge is 0.423 e. The summed E-state index contributed by atoms with van der Waals surface area (Å²) in [7, 11) is 0. The Bertz CT molecular complexity index is 1040. The molecule has 1 aromatic carbocycles. The number of amides is 2. The van der Waals surface area contributed by atoms with Crippen LogP contribution in [-0.4, -0.2) is 50.4 Å². The molecule has 148 valence electrons. The topological polar surface area (TPSA) is 126 Å². The van der Waals surface area contributed by atoms with Gasteiger partial charge in [-0.15, -0.1) is 5.10 Å². The number of hydrogen-bond donors (Lipinski definition) is 2. The molecule has 10 nitrogen and oxygen atoms in total. The number of hydrogen-bond acceptors (Lipinski definition) is 7. The number of benzene rings is 1. The lowest BCUT2D eigenvalue weighted by molar-refractivity contribution is -0.123. The number of tetrazole rings is 1. The number of carbonyl (C=O) groups excluding carboxylic acids is 2. The van der Waals surface area contributed by atoms with E-state index in [0.29, 0.717) is 28.3 Å². The van der Waals surface area contributed by atoms with Crippen molar-refractivity contribution in [1.29, 1.82) is 0 Å². The summed E-state index contributed by atoms with van der Waals surface area (Å²) >= 11 is 0. The van der Waals surface area contributed by atoms with Crippen LogP contribution in [0.15, 0.2) is 36.5 Å². The summed E-state index contributed by atoms with van der Waals surface area (Å²) in [4.78, 5) is 29.0. The highest BCUT2D eigenvalue weighted by Gasteiger charge is 2.33. The van der Waals surface area contributed by atoms with E-state index in [1.165, 1.54) is 17.2 Å². The van der Waals surface area contributed by atoms with Crippen LogP contribution in [-0.2, 0) is 9.53 Å². The molecule has 4 rings (SSSR count). The van der Waals surface area contributed by atoms with Crippen LogP contribution in [0.3, 0.4) is 0 Å². The number of aromatic amines is 1. The monoisotopic (exact) mass is 397 g/mol. The third-order valence-corrected chi connectivity index (χ3v) is 4.38. The van der Waals surface area contributed by atoms with Gasteiger partial charge in [0.1, 0.15) is 11.5 Å². The zero-order valence-corrected chi connectivity index (χ0v) is 15.3. The molecule has 3 aromatic rings. The second kappa shape index (κ2) is 7.62. The Morgan fingerprint density at radius 1 is 1.38 bits per heavy atom. The molecule has 1 fully saturated rings. The van der Waals surface area contributed by atoms with E-state index in [1.54, 1.807) is 31.2 Å². The lowest BCUT2D eigenvalue weighted by atomic mass is 10.1. The van der Waals surface area contributed by atoms with Crippen LogP contribution in [0.25, 0.3) is 22.6 Å². The minimum absolute atomic E-state index is 0.102. The van der Waals surface area contributed by atoms with Crippen LogP contribution in [0.5, 0.6) is 0 Å². The van der Waals surface area contributed by atoms with Gasteiger partial charge in [0.05, 0.1) is 12.2 Å². The average Bonchev–Trinajstić information content (AvgIpc) is 3.38. The van der Waals surface area contributed by atoms with Crippen LogP contribution in [0.2, 0.25) is 0 Å². The number of ether oxygens (including phenoxy) is 1. The van der Waals surface area contributed by atoms with Crippen molar-refractivity contribution in [3.05, 3.63) is 42.3 Å². The lowest BCUT2D eigenvalue weighted by Gasteiger charge is -2.14. The second-order valence-electron chi connectivity index (χ2n) is 6.25. The van der Waals surface area contributed by atoms with E-state index in [2.05, 4.69) is 30.9 Å². The minimum atomic E-state index is -0.764. The number of cyclic esters (lactones) is 1. The molecule has 1 aliphatic rings. The van der Waals surface area contributed by atoms with Gasteiger partial charge in [-0.1, -0.05) is 13.0 Å². The normalized spacial score (nSPS) is 16.0. The van der Waals surface area contributed by atoms with E-state index in [1.807, 2.05) is 0 Å². The van der Waals surface area contributed by atoms with E-state index in [-0.39, 0.29) is 18.9 Å². The fourth-order valence-corrected chi connectivity index (χ4v) is 2.90. The summed E-state index contributed by atoms with van der Waals surface area (Å²) < 4.78 is 19.8. The molecule has 2 N–H and O–H groups in total. The lowest BCUT2D eigenvalue weighted by Crippen LogP contribution is -2.37. The fourth-order valence-electron chi connectivity index (χ4n) is 2.90. The zero-order chi connectivity index (χ0) is 20.4. The second-order valence-corrected chi connectivity index (χ2v) is 6.25. The number of nitrogens with one attached hydrogen (secondary N) is 2. The number of H-pyrrole nitrogens is 1. The summed E-state index contributed by atoms with van der Waals surface area (Å²) in [5, 5.41) is 15.9. The predicted octanol–water partition coefficient (Wildman–Crippen LogP) is 1.88. The third kappa shape index (κ3) is 3.74. The van der Waals surface area contributed by atoms with Crippen molar-refractivity contribution in [2.45, 2.75) is 19.6 Å². The van der Waals surface area contributed by atoms with Gasteiger partial charge in [0.25, 0.3) is 0 Å². The van der Waals surface area contributed by atoms with E-state index >= 15 is 0 Å². The first kappa shape index (κ1) is 18.5. The molecule has 1 saturated heterocycles. The number of carbonyl (C=O) groups is 2. The maximum atomic E-state index is 14.7. The van der Waals surface area contributed by atoms with E-state index in [9.17, 15) is 14.0 Å². The fraction of sp³-hybridized carbons (Fsp3) is 0.222. The molecule has 1 aliphatic heterocycles. The highest BCUT2D eigenvalue weighted by molar-refractivity contribution is 5.90. The van der Waals surface area contributed by atoms with Crippen molar-refractivity contribution in [3.63, 3.8) is 0 Å².